The summed E-state index contributed by atoms with van der Waals surface area (Å²) in [5.41, 5.74) is 0. The van der Waals surface area contributed by atoms with Gasteiger partial charge in [0, 0.05) is 26.2 Å². The van der Waals surface area contributed by atoms with Gasteiger partial charge in [0.1, 0.15) is 18.7 Å². The highest BCUT2D eigenvalue weighted by molar-refractivity contribution is 14.0. The summed E-state index contributed by atoms with van der Waals surface area (Å²) in [4.78, 5) is 6.25. The van der Waals surface area contributed by atoms with E-state index in [0.29, 0.717) is 24.7 Å². The Bertz CT molecular complexity index is 646. The van der Waals surface area contributed by atoms with Crippen LogP contribution in [0.5, 0.6) is 5.75 Å². The third kappa shape index (κ3) is 6.16. The van der Waals surface area contributed by atoms with Gasteiger partial charge in [-0.2, -0.15) is 0 Å². The first-order valence-corrected chi connectivity index (χ1v) is 7.61. The van der Waals surface area contributed by atoms with Gasteiger partial charge < -0.3 is 19.5 Å². The van der Waals surface area contributed by atoms with Crippen LogP contribution in [0.15, 0.2) is 35.6 Å². The number of guanidine groups is 1. The minimum Gasteiger partial charge on any atom is -0.492 e. The molecule has 0 bridgehead atoms. The molecule has 9 heteroatoms. The Morgan fingerprint density at radius 2 is 2.08 bits per heavy atom. The Morgan fingerprint density at radius 1 is 1.38 bits per heavy atom. The molecule has 0 aliphatic carbocycles. The zero-order valence-electron chi connectivity index (χ0n) is 13.9. The van der Waals surface area contributed by atoms with E-state index in [1.54, 1.807) is 13.4 Å². The van der Waals surface area contributed by atoms with Gasteiger partial charge in [-0.1, -0.05) is 11.6 Å². The summed E-state index contributed by atoms with van der Waals surface area (Å²) in [6, 6.07) is 7.32. The summed E-state index contributed by atoms with van der Waals surface area (Å²) in [5.74, 6) is 2.41. The van der Waals surface area contributed by atoms with Crippen LogP contribution >= 0.6 is 35.6 Å². The van der Waals surface area contributed by atoms with E-state index in [1.165, 1.54) is 0 Å². The number of benzene rings is 1. The predicted molar refractivity (Wildman–Crippen MR) is 106 cm³/mol. The summed E-state index contributed by atoms with van der Waals surface area (Å²) in [7, 11) is 5.61. The molecule has 0 saturated heterocycles. The lowest BCUT2D eigenvalue weighted by atomic mass is 10.3. The predicted octanol–water partition coefficient (Wildman–Crippen LogP) is 2.17. The van der Waals surface area contributed by atoms with E-state index in [0.717, 1.165) is 17.5 Å². The highest BCUT2D eigenvalue weighted by Crippen LogP contribution is 2.15. The molecule has 0 fully saturated rings. The van der Waals surface area contributed by atoms with Crippen molar-refractivity contribution < 1.29 is 4.74 Å². The van der Waals surface area contributed by atoms with E-state index in [4.69, 9.17) is 16.3 Å². The third-order valence-electron chi connectivity index (χ3n) is 3.29. The van der Waals surface area contributed by atoms with Crippen LogP contribution in [0.1, 0.15) is 5.82 Å². The van der Waals surface area contributed by atoms with E-state index < -0.39 is 0 Å². The fourth-order valence-corrected chi connectivity index (χ4v) is 2.07. The van der Waals surface area contributed by atoms with E-state index in [9.17, 15) is 0 Å². The number of nitrogens with one attached hydrogen (secondary N) is 1. The van der Waals surface area contributed by atoms with E-state index in [2.05, 4.69) is 20.5 Å². The molecule has 0 atom stereocenters. The number of aromatic nitrogens is 3. The van der Waals surface area contributed by atoms with Crippen molar-refractivity contribution in [2.24, 2.45) is 12.0 Å². The second-order valence-electron chi connectivity index (χ2n) is 4.98. The van der Waals surface area contributed by atoms with Gasteiger partial charge in [0.25, 0.3) is 0 Å². The zero-order valence-corrected chi connectivity index (χ0v) is 17.0. The molecule has 2 aromatic rings. The molecule has 7 nitrogen and oxygen atoms in total. The maximum Gasteiger partial charge on any atom is 0.193 e. The number of rotatable bonds is 6. The summed E-state index contributed by atoms with van der Waals surface area (Å²) in [5, 5.41) is 11.8. The quantitative estimate of drug-likeness (QED) is 0.403. The monoisotopic (exact) mass is 464 g/mol. The van der Waals surface area contributed by atoms with Gasteiger partial charge >= 0.3 is 0 Å². The minimum atomic E-state index is 0. The van der Waals surface area contributed by atoms with E-state index >= 15 is 0 Å². The maximum atomic E-state index is 5.85. The zero-order chi connectivity index (χ0) is 16.7. The Kier molecular flexibility index (Phi) is 8.83. The lowest BCUT2D eigenvalue weighted by Crippen LogP contribution is -2.40. The molecule has 0 unspecified atom stereocenters. The van der Waals surface area contributed by atoms with Crippen LogP contribution in [0, 0.1) is 0 Å². The van der Waals surface area contributed by atoms with Gasteiger partial charge in [0.15, 0.2) is 11.8 Å². The van der Waals surface area contributed by atoms with E-state index in [-0.39, 0.29) is 24.0 Å². The molecule has 1 aromatic carbocycles. The number of likely N-dealkylation sites (N-methyl/N-ethyl adjacent to an activating group) is 1. The lowest BCUT2D eigenvalue weighted by molar-refractivity contribution is 0.281. The molecule has 0 saturated carbocycles. The van der Waals surface area contributed by atoms with Gasteiger partial charge in [0.05, 0.1) is 13.1 Å². The van der Waals surface area contributed by atoms with Crippen molar-refractivity contribution in [2.45, 2.75) is 6.54 Å². The Balaban J connectivity index is 0.00000288. The standard InChI is InChI=1S/C15H21ClN6O.HI/c1-17-15(18-10-14-20-19-11-22(14)3)21(2)8-9-23-13-6-4-12(16)5-7-13;/h4-7,11H,8-10H2,1-3H3,(H,17,18);1H. The van der Waals surface area contributed by atoms with Crippen LogP contribution in [0.4, 0.5) is 0 Å². The smallest absolute Gasteiger partial charge is 0.193 e. The molecular weight excluding hydrogens is 443 g/mol. The summed E-state index contributed by atoms with van der Waals surface area (Å²) >= 11 is 5.85. The largest absolute Gasteiger partial charge is 0.492 e. The number of halogens is 2. The first kappa shape index (κ1) is 20.5. The minimum absolute atomic E-state index is 0. The molecule has 0 radical (unpaired) electrons. The van der Waals surface area contributed by atoms with Crippen molar-refractivity contribution in [1.29, 1.82) is 0 Å². The van der Waals surface area contributed by atoms with Crippen LogP contribution in [0.2, 0.25) is 5.02 Å². The molecule has 1 N–H and O–H groups in total. The lowest BCUT2D eigenvalue weighted by Gasteiger charge is -2.22. The molecule has 0 spiro atoms. The van der Waals surface area contributed by atoms with Gasteiger partial charge in [-0.25, -0.2) is 0 Å². The highest BCUT2D eigenvalue weighted by Gasteiger charge is 2.08. The first-order valence-electron chi connectivity index (χ1n) is 7.23. The maximum absolute atomic E-state index is 5.85. The normalized spacial score (nSPS) is 10.9. The Labute approximate surface area is 164 Å². The second kappa shape index (κ2) is 10.3. The van der Waals surface area contributed by atoms with Crippen molar-refractivity contribution in [1.82, 2.24) is 25.0 Å². The van der Waals surface area contributed by atoms with Gasteiger partial charge in [-0.15, -0.1) is 34.2 Å². The number of ether oxygens (including phenoxy) is 1. The topological polar surface area (TPSA) is 67.6 Å². The van der Waals surface area contributed by atoms with Crippen molar-refractivity contribution in [3.8, 4) is 5.75 Å². The summed E-state index contributed by atoms with van der Waals surface area (Å²) in [6.45, 7) is 1.80. The Hall–Kier alpha value is -1.55. The SMILES string of the molecule is CN=C(NCc1nncn1C)N(C)CCOc1ccc(Cl)cc1.I. The van der Waals surface area contributed by atoms with Crippen LogP contribution in [-0.2, 0) is 13.6 Å². The molecule has 0 amide bonds. The summed E-state index contributed by atoms with van der Waals surface area (Å²) in [6.07, 6.45) is 1.67. The number of aryl methyl sites for hydroxylation is 1. The molecule has 1 aromatic heterocycles. The fraction of sp³-hybridized carbons (Fsp3) is 0.400. The van der Waals surface area contributed by atoms with Gasteiger partial charge in [-0.05, 0) is 24.3 Å². The second-order valence-corrected chi connectivity index (χ2v) is 5.42. The van der Waals surface area contributed by atoms with Crippen molar-refractivity contribution in [3.63, 3.8) is 0 Å². The van der Waals surface area contributed by atoms with E-state index in [1.807, 2.05) is 47.8 Å². The van der Waals surface area contributed by atoms with Crippen LogP contribution in [0.25, 0.3) is 0 Å². The average molecular weight is 465 g/mol. The molecule has 2 rings (SSSR count). The van der Waals surface area contributed by atoms with Gasteiger partial charge in [-0.3, -0.25) is 4.99 Å². The average Bonchev–Trinajstić information content (AvgIpc) is 2.95. The van der Waals surface area contributed by atoms with Crippen molar-refractivity contribution >= 4 is 41.5 Å². The highest BCUT2D eigenvalue weighted by atomic mass is 127. The fourth-order valence-electron chi connectivity index (χ4n) is 1.95. The number of hydrogen-bond acceptors (Lipinski definition) is 4. The van der Waals surface area contributed by atoms with Crippen LogP contribution in [0.3, 0.4) is 0 Å². The first-order chi connectivity index (χ1) is 11.1. The molecule has 24 heavy (non-hydrogen) atoms. The molecule has 132 valence electrons. The summed E-state index contributed by atoms with van der Waals surface area (Å²) < 4.78 is 7.55. The Morgan fingerprint density at radius 3 is 2.67 bits per heavy atom. The number of hydrogen-bond donors (Lipinski definition) is 1. The third-order valence-corrected chi connectivity index (χ3v) is 3.54. The van der Waals surface area contributed by atoms with Crippen LogP contribution in [-0.4, -0.2) is 52.9 Å². The van der Waals surface area contributed by atoms with Gasteiger partial charge in [0.2, 0.25) is 0 Å². The molecule has 0 aliphatic heterocycles. The van der Waals surface area contributed by atoms with Crippen molar-refractivity contribution in [3.05, 3.63) is 41.4 Å². The number of nitrogens with zero attached hydrogens (tertiary/aromatic N) is 5. The molecular formula is C15H22ClIN6O. The molecule has 1 heterocycles. The molecule has 0 aliphatic rings. The number of aliphatic imine (C=N–C) groups is 1. The van der Waals surface area contributed by atoms with Crippen molar-refractivity contribution in [2.75, 3.05) is 27.2 Å². The van der Waals surface area contributed by atoms with Crippen LogP contribution < -0.4 is 10.1 Å².